The molecule has 0 spiro atoms. The van der Waals surface area contributed by atoms with Crippen LogP contribution < -0.4 is 0 Å². The highest BCUT2D eigenvalue weighted by Crippen LogP contribution is 1.97. The number of esters is 1. The largest absolute Gasteiger partial charge is 0.465 e. The van der Waals surface area contributed by atoms with Gasteiger partial charge >= 0.3 is 5.97 Å². The Balaban J connectivity index is 2.15. The molecule has 4 nitrogen and oxygen atoms in total. The zero-order chi connectivity index (χ0) is 10.4. The predicted octanol–water partition coefficient (Wildman–Crippen LogP) is 1.47. The van der Waals surface area contributed by atoms with E-state index in [4.69, 9.17) is 4.74 Å². The second-order valence-corrected chi connectivity index (χ2v) is 3.63. The summed E-state index contributed by atoms with van der Waals surface area (Å²) in [5.74, 6) is 0.250. The summed E-state index contributed by atoms with van der Waals surface area (Å²) in [5.41, 5.74) is 0. The van der Waals surface area contributed by atoms with Crippen molar-refractivity contribution in [3.8, 4) is 0 Å². The van der Waals surface area contributed by atoms with Gasteiger partial charge in [0, 0.05) is 18.9 Å². The number of hydrogen-bond acceptors (Lipinski definition) is 3. The SMILES string of the molecule is CC(C)COC(=O)CCn1ccnc1. The van der Waals surface area contributed by atoms with Gasteiger partial charge in [0.15, 0.2) is 0 Å². The fraction of sp³-hybridized carbons (Fsp3) is 0.600. The zero-order valence-corrected chi connectivity index (χ0v) is 8.64. The Hall–Kier alpha value is -1.32. The lowest BCUT2D eigenvalue weighted by Crippen LogP contribution is -2.12. The molecule has 0 aliphatic carbocycles. The molecule has 0 bridgehead atoms. The van der Waals surface area contributed by atoms with Crippen LogP contribution in [-0.4, -0.2) is 22.1 Å². The molecule has 0 unspecified atom stereocenters. The third-order valence-electron chi connectivity index (χ3n) is 1.71. The number of carbonyl (C=O) groups is 1. The van der Waals surface area contributed by atoms with Crippen LogP contribution in [0, 0.1) is 5.92 Å². The molecule has 1 heterocycles. The Kier molecular flexibility index (Phi) is 4.16. The molecule has 0 aliphatic heterocycles. The minimum absolute atomic E-state index is 0.146. The van der Waals surface area contributed by atoms with Gasteiger partial charge in [-0.15, -0.1) is 0 Å². The topological polar surface area (TPSA) is 44.1 Å². The van der Waals surface area contributed by atoms with Gasteiger partial charge in [-0.25, -0.2) is 4.98 Å². The predicted molar refractivity (Wildman–Crippen MR) is 52.6 cm³/mol. The zero-order valence-electron chi connectivity index (χ0n) is 8.64. The van der Waals surface area contributed by atoms with E-state index in [0.29, 0.717) is 25.5 Å². The highest BCUT2D eigenvalue weighted by molar-refractivity contribution is 5.69. The second-order valence-electron chi connectivity index (χ2n) is 3.63. The van der Waals surface area contributed by atoms with Crippen molar-refractivity contribution in [2.45, 2.75) is 26.8 Å². The molecular formula is C10H16N2O2. The number of nitrogens with zero attached hydrogens (tertiary/aromatic N) is 2. The van der Waals surface area contributed by atoms with Crippen LogP contribution in [0.5, 0.6) is 0 Å². The van der Waals surface area contributed by atoms with Crippen LogP contribution in [-0.2, 0) is 16.1 Å². The highest BCUT2D eigenvalue weighted by atomic mass is 16.5. The number of ether oxygens (including phenoxy) is 1. The van der Waals surface area contributed by atoms with Crippen LogP contribution in [0.15, 0.2) is 18.7 Å². The van der Waals surface area contributed by atoms with Crippen molar-refractivity contribution in [1.82, 2.24) is 9.55 Å². The Labute approximate surface area is 83.9 Å². The maximum atomic E-state index is 11.2. The molecule has 0 radical (unpaired) electrons. The van der Waals surface area contributed by atoms with E-state index in [1.54, 1.807) is 12.5 Å². The molecule has 0 saturated carbocycles. The lowest BCUT2D eigenvalue weighted by molar-refractivity contribution is -0.144. The molecule has 1 rings (SSSR count). The minimum atomic E-state index is -0.146. The molecule has 4 heteroatoms. The lowest BCUT2D eigenvalue weighted by Gasteiger charge is -2.06. The van der Waals surface area contributed by atoms with E-state index in [1.165, 1.54) is 0 Å². The summed E-state index contributed by atoms with van der Waals surface area (Å²) in [4.78, 5) is 15.1. The third kappa shape index (κ3) is 4.07. The lowest BCUT2D eigenvalue weighted by atomic mass is 10.2. The standard InChI is InChI=1S/C10H16N2O2/c1-9(2)7-14-10(13)3-5-12-6-4-11-8-12/h4,6,8-9H,3,5,7H2,1-2H3. The quantitative estimate of drug-likeness (QED) is 0.670. The fourth-order valence-corrected chi connectivity index (χ4v) is 0.971. The van der Waals surface area contributed by atoms with Gasteiger partial charge in [-0.05, 0) is 5.92 Å². The van der Waals surface area contributed by atoms with E-state index in [9.17, 15) is 4.79 Å². The van der Waals surface area contributed by atoms with E-state index < -0.39 is 0 Å². The van der Waals surface area contributed by atoms with Crippen molar-refractivity contribution in [1.29, 1.82) is 0 Å². The summed E-state index contributed by atoms with van der Waals surface area (Å²) in [6.07, 6.45) is 5.62. The Morgan fingerprint density at radius 1 is 1.57 bits per heavy atom. The summed E-state index contributed by atoms with van der Waals surface area (Å²) in [6.45, 7) is 5.17. The Morgan fingerprint density at radius 2 is 2.36 bits per heavy atom. The average Bonchev–Trinajstić information content (AvgIpc) is 2.63. The van der Waals surface area contributed by atoms with Gasteiger partial charge < -0.3 is 9.30 Å². The van der Waals surface area contributed by atoms with E-state index >= 15 is 0 Å². The van der Waals surface area contributed by atoms with Crippen molar-refractivity contribution < 1.29 is 9.53 Å². The van der Waals surface area contributed by atoms with Crippen LogP contribution in [0.2, 0.25) is 0 Å². The van der Waals surface area contributed by atoms with E-state index in [0.717, 1.165) is 0 Å². The Morgan fingerprint density at radius 3 is 2.93 bits per heavy atom. The Bertz CT molecular complexity index is 268. The maximum Gasteiger partial charge on any atom is 0.307 e. The first-order chi connectivity index (χ1) is 6.68. The van der Waals surface area contributed by atoms with Gasteiger partial charge in [0.05, 0.1) is 19.4 Å². The van der Waals surface area contributed by atoms with Gasteiger partial charge in [-0.1, -0.05) is 13.8 Å². The van der Waals surface area contributed by atoms with E-state index in [-0.39, 0.29) is 5.97 Å². The normalized spacial score (nSPS) is 10.5. The van der Waals surface area contributed by atoms with Gasteiger partial charge in [0.1, 0.15) is 0 Å². The van der Waals surface area contributed by atoms with Gasteiger partial charge in [0.25, 0.3) is 0 Å². The summed E-state index contributed by atoms with van der Waals surface area (Å²) in [7, 11) is 0. The smallest absolute Gasteiger partial charge is 0.307 e. The fourth-order valence-electron chi connectivity index (χ4n) is 0.971. The van der Waals surface area contributed by atoms with Crippen molar-refractivity contribution in [2.24, 2.45) is 5.92 Å². The molecule has 0 atom stereocenters. The van der Waals surface area contributed by atoms with Crippen LogP contribution in [0.4, 0.5) is 0 Å². The first-order valence-electron chi connectivity index (χ1n) is 4.80. The average molecular weight is 196 g/mol. The van der Waals surface area contributed by atoms with Crippen molar-refractivity contribution in [3.05, 3.63) is 18.7 Å². The van der Waals surface area contributed by atoms with Crippen LogP contribution >= 0.6 is 0 Å². The number of rotatable bonds is 5. The summed E-state index contributed by atoms with van der Waals surface area (Å²) in [6, 6.07) is 0. The van der Waals surface area contributed by atoms with Crippen LogP contribution in [0.25, 0.3) is 0 Å². The maximum absolute atomic E-state index is 11.2. The van der Waals surface area contributed by atoms with Gasteiger partial charge in [0.2, 0.25) is 0 Å². The molecule has 0 N–H and O–H groups in total. The number of carbonyl (C=O) groups excluding carboxylic acids is 1. The number of aryl methyl sites for hydroxylation is 1. The van der Waals surface area contributed by atoms with Gasteiger partial charge in [-0.3, -0.25) is 4.79 Å². The molecule has 0 saturated heterocycles. The molecule has 0 aromatic carbocycles. The first kappa shape index (κ1) is 10.8. The third-order valence-corrected chi connectivity index (χ3v) is 1.71. The second kappa shape index (κ2) is 5.42. The molecule has 1 aromatic heterocycles. The van der Waals surface area contributed by atoms with Gasteiger partial charge in [-0.2, -0.15) is 0 Å². The van der Waals surface area contributed by atoms with Crippen LogP contribution in [0.3, 0.4) is 0 Å². The molecule has 78 valence electrons. The monoisotopic (exact) mass is 196 g/mol. The molecule has 1 aromatic rings. The number of aromatic nitrogens is 2. The van der Waals surface area contributed by atoms with Crippen molar-refractivity contribution >= 4 is 5.97 Å². The number of imidazole rings is 1. The molecule has 14 heavy (non-hydrogen) atoms. The summed E-state index contributed by atoms with van der Waals surface area (Å²) in [5, 5.41) is 0. The van der Waals surface area contributed by atoms with Crippen molar-refractivity contribution in [3.63, 3.8) is 0 Å². The highest BCUT2D eigenvalue weighted by Gasteiger charge is 2.04. The first-order valence-corrected chi connectivity index (χ1v) is 4.80. The number of hydrogen-bond donors (Lipinski definition) is 0. The minimum Gasteiger partial charge on any atom is -0.465 e. The molecular weight excluding hydrogens is 180 g/mol. The van der Waals surface area contributed by atoms with Crippen LogP contribution in [0.1, 0.15) is 20.3 Å². The molecule has 0 fully saturated rings. The van der Waals surface area contributed by atoms with E-state index in [2.05, 4.69) is 4.98 Å². The molecule has 0 amide bonds. The summed E-state index contributed by atoms with van der Waals surface area (Å²) < 4.78 is 6.89. The van der Waals surface area contributed by atoms with E-state index in [1.807, 2.05) is 24.6 Å². The van der Waals surface area contributed by atoms with Crippen molar-refractivity contribution in [2.75, 3.05) is 6.61 Å². The summed E-state index contributed by atoms with van der Waals surface area (Å²) >= 11 is 0. The molecule has 0 aliphatic rings.